The van der Waals surface area contributed by atoms with Crippen molar-refractivity contribution in [3.8, 4) is 0 Å². The van der Waals surface area contributed by atoms with Crippen LogP contribution in [0, 0.1) is 0 Å². The van der Waals surface area contributed by atoms with Gasteiger partial charge in [-0.2, -0.15) is 0 Å². The molecule has 18 heavy (non-hydrogen) atoms. The normalized spacial score (nSPS) is 15.0. The third-order valence-electron chi connectivity index (χ3n) is 3.64. The number of likely N-dealkylation sites (N-methyl/N-ethyl adjacent to an activating group) is 1. The minimum Gasteiger partial charge on any atom is -0.377 e. The number of nitrogens with zero attached hydrogens (tertiary/aromatic N) is 1. The lowest BCUT2D eigenvalue weighted by Crippen LogP contribution is -2.33. The lowest BCUT2D eigenvalue weighted by molar-refractivity contribution is 0.0213. The van der Waals surface area contributed by atoms with Gasteiger partial charge in [-0.1, -0.05) is 52.4 Å². The highest BCUT2D eigenvalue weighted by Gasteiger charge is 2.12. The summed E-state index contributed by atoms with van der Waals surface area (Å²) in [6.07, 6.45) is 10.9. The lowest BCUT2D eigenvalue weighted by atomic mass is 10.1. The summed E-state index contributed by atoms with van der Waals surface area (Å²) in [6.45, 7) is 7.57. The quantitative estimate of drug-likeness (QED) is 0.478. The van der Waals surface area contributed by atoms with Crippen LogP contribution in [0.1, 0.15) is 72.1 Å². The van der Waals surface area contributed by atoms with Crippen LogP contribution in [0.2, 0.25) is 0 Å². The van der Waals surface area contributed by atoms with Crippen molar-refractivity contribution in [2.24, 2.45) is 0 Å². The summed E-state index contributed by atoms with van der Waals surface area (Å²) in [6, 6.07) is 0.589. The van der Waals surface area contributed by atoms with E-state index >= 15 is 0 Å². The molecule has 0 saturated carbocycles. The van der Waals surface area contributed by atoms with Crippen LogP contribution in [-0.2, 0) is 4.74 Å². The summed E-state index contributed by atoms with van der Waals surface area (Å²) in [5, 5.41) is 0. The van der Waals surface area contributed by atoms with Gasteiger partial charge < -0.3 is 9.64 Å². The van der Waals surface area contributed by atoms with Crippen molar-refractivity contribution in [1.82, 2.24) is 4.90 Å². The monoisotopic (exact) mass is 257 g/mol. The second kappa shape index (κ2) is 12.0. The lowest BCUT2D eigenvalue weighted by Gasteiger charge is -2.26. The van der Waals surface area contributed by atoms with Crippen molar-refractivity contribution < 1.29 is 4.74 Å². The van der Waals surface area contributed by atoms with E-state index in [2.05, 4.69) is 39.8 Å². The number of rotatable bonds is 12. The average Bonchev–Trinajstić information content (AvgIpc) is 2.32. The van der Waals surface area contributed by atoms with Crippen molar-refractivity contribution in [3.05, 3.63) is 0 Å². The Bertz CT molecular complexity index is 170. The van der Waals surface area contributed by atoms with Crippen molar-refractivity contribution in [1.29, 1.82) is 0 Å². The zero-order valence-electron chi connectivity index (χ0n) is 13.4. The summed E-state index contributed by atoms with van der Waals surface area (Å²) in [7, 11) is 4.34. The van der Waals surface area contributed by atoms with Gasteiger partial charge in [0.05, 0.1) is 12.7 Å². The molecule has 0 aliphatic rings. The zero-order chi connectivity index (χ0) is 13.8. The highest BCUT2D eigenvalue weighted by Crippen LogP contribution is 2.12. The molecule has 0 fully saturated rings. The third-order valence-corrected chi connectivity index (χ3v) is 3.64. The van der Waals surface area contributed by atoms with Gasteiger partial charge in [0.15, 0.2) is 0 Å². The minimum atomic E-state index is 0.414. The van der Waals surface area contributed by atoms with Crippen LogP contribution in [0.4, 0.5) is 0 Å². The standard InChI is InChI=1S/C16H35NO/c1-6-8-9-10-11-13-16(17(4)5)14-18-15(3)12-7-2/h15-16H,6-14H2,1-5H3. The van der Waals surface area contributed by atoms with Crippen LogP contribution < -0.4 is 0 Å². The highest BCUT2D eigenvalue weighted by molar-refractivity contribution is 4.66. The summed E-state index contributed by atoms with van der Waals surface area (Å²) in [5.41, 5.74) is 0. The Balaban J connectivity index is 3.71. The molecule has 0 radical (unpaired) electrons. The van der Waals surface area contributed by atoms with E-state index < -0.39 is 0 Å². The summed E-state index contributed by atoms with van der Waals surface area (Å²) >= 11 is 0. The molecule has 0 spiro atoms. The average molecular weight is 257 g/mol. The maximum Gasteiger partial charge on any atom is 0.0625 e. The second-order valence-electron chi connectivity index (χ2n) is 5.75. The second-order valence-corrected chi connectivity index (χ2v) is 5.75. The maximum absolute atomic E-state index is 5.94. The fourth-order valence-electron chi connectivity index (χ4n) is 2.24. The fraction of sp³-hybridized carbons (Fsp3) is 1.00. The predicted molar refractivity (Wildman–Crippen MR) is 81.2 cm³/mol. The van der Waals surface area contributed by atoms with Crippen molar-refractivity contribution in [3.63, 3.8) is 0 Å². The van der Waals surface area contributed by atoms with Gasteiger partial charge >= 0.3 is 0 Å². The maximum atomic E-state index is 5.94. The number of hydrogen-bond acceptors (Lipinski definition) is 2. The first-order valence-corrected chi connectivity index (χ1v) is 7.89. The molecule has 0 heterocycles. The Morgan fingerprint density at radius 1 is 0.889 bits per heavy atom. The van der Waals surface area contributed by atoms with E-state index in [9.17, 15) is 0 Å². The van der Waals surface area contributed by atoms with E-state index in [0.717, 1.165) is 6.61 Å². The SMILES string of the molecule is CCCCCCCC(COC(C)CCC)N(C)C. The van der Waals surface area contributed by atoms with Crippen molar-refractivity contribution in [2.75, 3.05) is 20.7 Å². The van der Waals surface area contributed by atoms with E-state index in [4.69, 9.17) is 4.74 Å². The Kier molecular flexibility index (Phi) is 11.9. The Labute approximate surface area is 115 Å². The summed E-state index contributed by atoms with van der Waals surface area (Å²) < 4.78 is 5.94. The van der Waals surface area contributed by atoms with E-state index in [-0.39, 0.29) is 0 Å². The molecule has 0 rings (SSSR count). The van der Waals surface area contributed by atoms with Crippen LogP contribution >= 0.6 is 0 Å². The number of ether oxygens (including phenoxy) is 1. The van der Waals surface area contributed by atoms with E-state index in [1.54, 1.807) is 0 Å². The molecule has 0 N–H and O–H groups in total. The van der Waals surface area contributed by atoms with Gasteiger partial charge in [0.2, 0.25) is 0 Å². The Morgan fingerprint density at radius 2 is 1.56 bits per heavy atom. The van der Waals surface area contributed by atoms with Crippen LogP contribution in [0.25, 0.3) is 0 Å². The third kappa shape index (κ3) is 9.90. The largest absolute Gasteiger partial charge is 0.377 e. The molecule has 0 bridgehead atoms. The summed E-state index contributed by atoms with van der Waals surface area (Å²) in [4.78, 5) is 2.32. The molecule has 2 heteroatoms. The number of hydrogen-bond donors (Lipinski definition) is 0. The molecule has 0 aliphatic heterocycles. The van der Waals surface area contributed by atoms with Gasteiger partial charge in [-0.15, -0.1) is 0 Å². The van der Waals surface area contributed by atoms with Gasteiger partial charge in [0.25, 0.3) is 0 Å². The van der Waals surface area contributed by atoms with Gasteiger partial charge in [0, 0.05) is 6.04 Å². The first-order valence-electron chi connectivity index (χ1n) is 7.89. The molecule has 0 aromatic heterocycles. The molecule has 0 aliphatic carbocycles. The molecular formula is C16H35NO. The molecule has 2 atom stereocenters. The van der Waals surface area contributed by atoms with Gasteiger partial charge in [0.1, 0.15) is 0 Å². The predicted octanol–water partition coefficient (Wildman–Crippen LogP) is 4.48. The van der Waals surface area contributed by atoms with Crippen molar-refractivity contribution in [2.45, 2.75) is 84.3 Å². The Morgan fingerprint density at radius 3 is 2.11 bits per heavy atom. The molecular weight excluding hydrogens is 222 g/mol. The van der Waals surface area contributed by atoms with E-state index in [1.165, 1.54) is 51.4 Å². The molecule has 0 amide bonds. The van der Waals surface area contributed by atoms with E-state index in [1.807, 2.05) is 0 Å². The van der Waals surface area contributed by atoms with Gasteiger partial charge in [-0.25, -0.2) is 0 Å². The van der Waals surface area contributed by atoms with Crippen LogP contribution in [0.5, 0.6) is 0 Å². The summed E-state index contributed by atoms with van der Waals surface area (Å²) in [5.74, 6) is 0. The topological polar surface area (TPSA) is 12.5 Å². The highest BCUT2D eigenvalue weighted by atomic mass is 16.5. The fourth-order valence-corrected chi connectivity index (χ4v) is 2.24. The smallest absolute Gasteiger partial charge is 0.0625 e. The molecule has 0 saturated heterocycles. The number of unbranched alkanes of at least 4 members (excludes halogenated alkanes) is 4. The molecule has 110 valence electrons. The first kappa shape index (κ1) is 17.9. The molecule has 2 unspecified atom stereocenters. The molecule has 2 nitrogen and oxygen atoms in total. The molecule has 0 aromatic rings. The van der Waals surface area contributed by atoms with Gasteiger partial charge in [-0.3, -0.25) is 0 Å². The zero-order valence-corrected chi connectivity index (χ0v) is 13.4. The Hall–Kier alpha value is -0.0800. The van der Waals surface area contributed by atoms with Gasteiger partial charge in [-0.05, 0) is 33.9 Å². The molecule has 0 aromatic carbocycles. The van der Waals surface area contributed by atoms with Crippen LogP contribution in [0.15, 0.2) is 0 Å². The van der Waals surface area contributed by atoms with E-state index in [0.29, 0.717) is 12.1 Å². The van der Waals surface area contributed by atoms with Crippen molar-refractivity contribution >= 4 is 0 Å². The minimum absolute atomic E-state index is 0.414. The first-order chi connectivity index (χ1) is 8.61. The van der Waals surface area contributed by atoms with Crippen LogP contribution in [-0.4, -0.2) is 37.7 Å². The van der Waals surface area contributed by atoms with Crippen LogP contribution in [0.3, 0.4) is 0 Å².